The van der Waals surface area contributed by atoms with Gasteiger partial charge in [-0.2, -0.15) is 0 Å². The molecule has 8 aromatic carbocycles. The Morgan fingerprint density at radius 2 is 0.891 bits per heavy atom. The molecule has 0 spiro atoms. The van der Waals surface area contributed by atoms with E-state index in [9.17, 15) is 0 Å². The van der Waals surface area contributed by atoms with Crippen LogP contribution in [0.5, 0.6) is 0 Å². The number of anilines is 3. The van der Waals surface area contributed by atoms with Gasteiger partial charge in [0.1, 0.15) is 11.2 Å². The largest absolute Gasteiger partial charge is 0.456 e. The normalized spacial score (nSPS) is 11.5. The second-order valence-corrected chi connectivity index (χ2v) is 11.8. The van der Waals surface area contributed by atoms with Crippen molar-refractivity contribution < 1.29 is 4.42 Å². The SMILES string of the molecule is c1ccc(-c2ccc(N(c3ccc4c(c3)c(-c3ccccc3)cc3ccccc34)c3ccc4oc5ccccc5c4c3)cc2)cc1. The van der Waals surface area contributed by atoms with E-state index in [1.165, 1.54) is 43.8 Å². The van der Waals surface area contributed by atoms with Gasteiger partial charge in [0.25, 0.3) is 0 Å². The van der Waals surface area contributed by atoms with E-state index in [2.05, 4.69) is 169 Å². The van der Waals surface area contributed by atoms with Gasteiger partial charge in [0, 0.05) is 27.8 Å². The lowest BCUT2D eigenvalue weighted by molar-refractivity contribution is 0.669. The zero-order valence-corrected chi connectivity index (χ0v) is 25.1. The summed E-state index contributed by atoms with van der Waals surface area (Å²) in [6.07, 6.45) is 0. The third-order valence-electron chi connectivity index (χ3n) is 9.04. The van der Waals surface area contributed by atoms with Crippen LogP contribution < -0.4 is 4.90 Å². The molecule has 0 aliphatic carbocycles. The molecule has 0 radical (unpaired) electrons. The quantitative estimate of drug-likeness (QED) is 0.186. The highest BCUT2D eigenvalue weighted by atomic mass is 16.3. The lowest BCUT2D eigenvalue weighted by Crippen LogP contribution is -2.10. The molecule has 0 saturated carbocycles. The van der Waals surface area contributed by atoms with Crippen LogP contribution in [0.4, 0.5) is 17.1 Å². The molecule has 0 saturated heterocycles. The Labute approximate surface area is 267 Å². The number of hydrogen-bond donors (Lipinski definition) is 0. The lowest BCUT2D eigenvalue weighted by Gasteiger charge is -2.26. The Balaban J connectivity index is 1.28. The number of para-hydroxylation sites is 1. The topological polar surface area (TPSA) is 16.4 Å². The number of rotatable bonds is 5. The van der Waals surface area contributed by atoms with Crippen molar-refractivity contribution in [3.8, 4) is 22.3 Å². The Hall–Kier alpha value is -6.12. The van der Waals surface area contributed by atoms with Gasteiger partial charge in [-0.25, -0.2) is 0 Å². The minimum absolute atomic E-state index is 0.890. The maximum absolute atomic E-state index is 6.21. The van der Waals surface area contributed by atoms with E-state index in [0.717, 1.165) is 39.0 Å². The molecule has 46 heavy (non-hydrogen) atoms. The van der Waals surface area contributed by atoms with Crippen molar-refractivity contribution in [2.45, 2.75) is 0 Å². The Morgan fingerprint density at radius 1 is 0.326 bits per heavy atom. The van der Waals surface area contributed by atoms with E-state index in [0.29, 0.717) is 0 Å². The van der Waals surface area contributed by atoms with E-state index in [1.54, 1.807) is 0 Å². The maximum atomic E-state index is 6.21. The Bertz CT molecular complexity index is 2510. The molecule has 216 valence electrons. The van der Waals surface area contributed by atoms with Crippen molar-refractivity contribution in [1.82, 2.24) is 0 Å². The summed E-state index contributed by atoms with van der Waals surface area (Å²) in [6.45, 7) is 0. The van der Waals surface area contributed by atoms with Crippen LogP contribution in [-0.2, 0) is 0 Å². The highest BCUT2D eigenvalue weighted by molar-refractivity contribution is 6.15. The van der Waals surface area contributed by atoms with Gasteiger partial charge in [-0.15, -0.1) is 0 Å². The van der Waals surface area contributed by atoms with Crippen molar-refractivity contribution in [3.05, 3.63) is 176 Å². The molecule has 0 N–H and O–H groups in total. The van der Waals surface area contributed by atoms with Gasteiger partial charge in [0.05, 0.1) is 0 Å². The van der Waals surface area contributed by atoms with Crippen LogP contribution in [0.25, 0.3) is 65.7 Å². The van der Waals surface area contributed by atoms with Crippen LogP contribution >= 0.6 is 0 Å². The van der Waals surface area contributed by atoms with E-state index in [4.69, 9.17) is 4.42 Å². The fraction of sp³-hybridized carbons (Fsp3) is 0. The van der Waals surface area contributed by atoms with Crippen molar-refractivity contribution in [1.29, 1.82) is 0 Å². The molecule has 9 rings (SSSR count). The average Bonchev–Trinajstić information content (AvgIpc) is 3.50. The van der Waals surface area contributed by atoms with Crippen LogP contribution in [0.3, 0.4) is 0 Å². The van der Waals surface area contributed by atoms with Crippen LogP contribution in [0, 0.1) is 0 Å². The first-order valence-electron chi connectivity index (χ1n) is 15.7. The van der Waals surface area contributed by atoms with Crippen LogP contribution in [0.15, 0.2) is 180 Å². The molecule has 0 unspecified atom stereocenters. The van der Waals surface area contributed by atoms with Gasteiger partial charge >= 0.3 is 0 Å². The lowest BCUT2D eigenvalue weighted by atomic mass is 9.92. The number of hydrogen-bond acceptors (Lipinski definition) is 2. The second kappa shape index (κ2) is 10.8. The summed E-state index contributed by atoms with van der Waals surface area (Å²) in [4.78, 5) is 2.36. The second-order valence-electron chi connectivity index (χ2n) is 11.8. The van der Waals surface area contributed by atoms with Gasteiger partial charge < -0.3 is 9.32 Å². The maximum Gasteiger partial charge on any atom is 0.135 e. The molecule has 0 fully saturated rings. The highest BCUT2D eigenvalue weighted by Gasteiger charge is 2.18. The van der Waals surface area contributed by atoms with Crippen molar-refractivity contribution in [3.63, 3.8) is 0 Å². The highest BCUT2D eigenvalue weighted by Crippen LogP contribution is 2.43. The molecule has 1 aromatic heterocycles. The predicted molar refractivity (Wildman–Crippen MR) is 194 cm³/mol. The summed E-state index contributed by atoms with van der Waals surface area (Å²) in [5.41, 5.74) is 9.89. The van der Waals surface area contributed by atoms with Crippen LogP contribution in [0.1, 0.15) is 0 Å². The number of furan rings is 1. The molecule has 9 aromatic rings. The van der Waals surface area contributed by atoms with E-state index < -0.39 is 0 Å². The Morgan fingerprint density at radius 3 is 1.67 bits per heavy atom. The zero-order chi connectivity index (χ0) is 30.5. The number of fused-ring (bicyclic) bond motifs is 6. The van der Waals surface area contributed by atoms with Gasteiger partial charge in [0.2, 0.25) is 0 Å². The van der Waals surface area contributed by atoms with E-state index >= 15 is 0 Å². The predicted octanol–water partition coefficient (Wildman–Crippen LogP) is 12.7. The molecule has 1 heterocycles. The summed E-state index contributed by atoms with van der Waals surface area (Å²) in [5.74, 6) is 0. The molecular weight excluding hydrogens is 558 g/mol. The van der Waals surface area contributed by atoms with Gasteiger partial charge in [0.15, 0.2) is 0 Å². The summed E-state index contributed by atoms with van der Waals surface area (Å²) in [7, 11) is 0. The van der Waals surface area contributed by atoms with Crippen molar-refractivity contribution >= 4 is 60.5 Å². The van der Waals surface area contributed by atoms with E-state index in [1.807, 2.05) is 12.1 Å². The standard InChI is InChI=1S/C44H29NO/c1-3-11-30(12-4-1)31-19-21-34(22-20-31)45(36-24-26-44-42(29-36)39-17-9-10-18-43(39)46-44)35-23-25-38-37-16-8-7-15-33(37)27-40(41(38)28-35)32-13-5-2-6-14-32/h1-29H. The minimum atomic E-state index is 0.890. The third-order valence-corrected chi connectivity index (χ3v) is 9.04. The molecule has 0 bridgehead atoms. The number of nitrogens with zero attached hydrogens (tertiary/aromatic N) is 1. The fourth-order valence-electron chi connectivity index (χ4n) is 6.82. The molecule has 2 nitrogen and oxygen atoms in total. The third kappa shape index (κ3) is 4.43. The number of benzene rings is 8. The first kappa shape index (κ1) is 26.3. The zero-order valence-electron chi connectivity index (χ0n) is 25.1. The van der Waals surface area contributed by atoms with Crippen LogP contribution in [0.2, 0.25) is 0 Å². The monoisotopic (exact) mass is 587 g/mol. The molecule has 0 aliphatic rings. The molecule has 2 heteroatoms. The molecular formula is C44H29NO. The smallest absolute Gasteiger partial charge is 0.135 e. The first-order chi connectivity index (χ1) is 22.8. The van der Waals surface area contributed by atoms with Crippen molar-refractivity contribution in [2.24, 2.45) is 0 Å². The van der Waals surface area contributed by atoms with Crippen LogP contribution in [-0.4, -0.2) is 0 Å². The van der Waals surface area contributed by atoms with E-state index in [-0.39, 0.29) is 0 Å². The molecule has 0 amide bonds. The summed E-state index contributed by atoms with van der Waals surface area (Å²) in [5, 5.41) is 7.20. The van der Waals surface area contributed by atoms with Gasteiger partial charge in [-0.05, 0) is 98.4 Å². The summed E-state index contributed by atoms with van der Waals surface area (Å²) >= 11 is 0. The fourth-order valence-corrected chi connectivity index (χ4v) is 6.82. The average molecular weight is 588 g/mol. The first-order valence-corrected chi connectivity index (χ1v) is 15.7. The summed E-state index contributed by atoms with van der Waals surface area (Å²) < 4.78 is 6.21. The summed E-state index contributed by atoms with van der Waals surface area (Å²) in [6, 6.07) is 62.8. The Kier molecular flexibility index (Phi) is 6.17. The van der Waals surface area contributed by atoms with Gasteiger partial charge in [-0.1, -0.05) is 121 Å². The van der Waals surface area contributed by atoms with Gasteiger partial charge in [-0.3, -0.25) is 0 Å². The van der Waals surface area contributed by atoms with Crippen molar-refractivity contribution in [2.75, 3.05) is 4.90 Å². The minimum Gasteiger partial charge on any atom is -0.456 e. The molecule has 0 atom stereocenters. The molecule has 0 aliphatic heterocycles.